The van der Waals surface area contributed by atoms with Crippen LogP contribution in [0.1, 0.15) is 38.5 Å². The zero-order chi connectivity index (χ0) is 11.7. The summed E-state index contributed by atoms with van der Waals surface area (Å²) in [7, 11) is 0. The Hall–Kier alpha value is -0.120. The van der Waals surface area contributed by atoms with Gasteiger partial charge in [-0.1, -0.05) is 12.8 Å². The predicted molar refractivity (Wildman–Crippen MR) is 71.0 cm³/mol. The quantitative estimate of drug-likeness (QED) is 0.803. The minimum atomic E-state index is 0.799. The monoisotopic (exact) mass is 237 g/mol. The first kappa shape index (κ1) is 11.9. The molecule has 17 heavy (non-hydrogen) atoms. The first-order chi connectivity index (χ1) is 8.38. The van der Waals surface area contributed by atoms with Gasteiger partial charge in [0.15, 0.2) is 0 Å². The molecule has 0 spiro atoms. The van der Waals surface area contributed by atoms with E-state index in [9.17, 15) is 0 Å². The second-order valence-electron chi connectivity index (χ2n) is 6.15. The summed E-state index contributed by atoms with van der Waals surface area (Å²) in [5.74, 6) is 0.799. The lowest BCUT2D eigenvalue weighted by molar-refractivity contribution is 0.0126. The summed E-state index contributed by atoms with van der Waals surface area (Å²) in [6, 6.07) is 1.74. The molecule has 2 N–H and O–H groups in total. The van der Waals surface area contributed by atoms with Crippen LogP contribution in [0.25, 0.3) is 0 Å². The maximum atomic E-state index is 5.82. The van der Waals surface area contributed by atoms with Gasteiger partial charge in [0.25, 0.3) is 0 Å². The summed E-state index contributed by atoms with van der Waals surface area (Å²) in [4.78, 5) is 5.46. The molecule has 3 rings (SSSR count). The van der Waals surface area contributed by atoms with Crippen LogP contribution in [-0.4, -0.2) is 54.6 Å². The number of rotatable bonds is 3. The van der Waals surface area contributed by atoms with E-state index in [0.717, 1.165) is 24.5 Å². The van der Waals surface area contributed by atoms with Crippen molar-refractivity contribution in [3.05, 3.63) is 0 Å². The number of hydrogen-bond acceptors (Lipinski definition) is 3. The topological polar surface area (TPSA) is 32.5 Å². The zero-order valence-electron chi connectivity index (χ0n) is 11.0. The van der Waals surface area contributed by atoms with E-state index in [1.165, 1.54) is 64.7 Å². The highest BCUT2D eigenvalue weighted by Gasteiger charge is 2.36. The predicted octanol–water partition coefficient (Wildman–Crippen LogP) is 1.28. The molecule has 3 heteroatoms. The molecule has 2 unspecified atom stereocenters. The molecule has 0 radical (unpaired) electrons. The van der Waals surface area contributed by atoms with Crippen molar-refractivity contribution in [2.45, 2.75) is 50.6 Å². The minimum Gasteiger partial charge on any atom is -0.330 e. The fourth-order valence-electron chi connectivity index (χ4n) is 4.01. The van der Waals surface area contributed by atoms with Gasteiger partial charge in [0, 0.05) is 38.3 Å². The van der Waals surface area contributed by atoms with E-state index in [1.807, 2.05) is 0 Å². The van der Waals surface area contributed by atoms with Crippen LogP contribution < -0.4 is 5.73 Å². The number of nitrogens with zero attached hydrogens (tertiary/aromatic N) is 2. The third-order valence-corrected chi connectivity index (χ3v) is 5.34. The second-order valence-corrected chi connectivity index (χ2v) is 6.15. The van der Waals surface area contributed by atoms with Gasteiger partial charge in [0.1, 0.15) is 0 Å². The molecule has 3 aliphatic rings. The average molecular weight is 237 g/mol. The van der Waals surface area contributed by atoms with Crippen LogP contribution in [0.3, 0.4) is 0 Å². The molecular weight excluding hydrogens is 210 g/mol. The van der Waals surface area contributed by atoms with Crippen molar-refractivity contribution < 1.29 is 0 Å². The van der Waals surface area contributed by atoms with Crippen LogP contribution in [0.5, 0.6) is 0 Å². The highest BCUT2D eigenvalue weighted by Crippen LogP contribution is 2.32. The third-order valence-electron chi connectivity index (χ3n) is 5.34. The van der Waals surface area contributed by atoms with Crippen molar-refractivity contribution in [2.75, 3.05) is 32.7 Å². The first-order valence-electron chi connectivity index (χ1n) is 7.56. The summed E-state index contributed by atoms with van der Waals surface area (Å²) in [6.45, 7) is 6.08. The van der Waals surface area contributed by atoms with Crippen molar-refractivity contribution in [3.8, 4) is 0 Å². The fraction of sp³-hybridized carbons (Fsp3) is 1.00. The van der Waals surface area contributed by atoms with E-state index < -0.39 is 0 Å². The fourth-order valence-corrected chi connectivity index (χ4v) is 4.01. The average Bonchev–Trinajstić information content (AvgIpc) is 2.83. The van der Waals surface area contributed by atoms with E-state index in [2.05, 4.69) is 9.80 Å². The maximum absolute atomic E-state index is 5.82. The molecule has 2 aliphatic carbocycles. The molecule has 0 aromatic carbocycles. The van der Waals surface area contributed by atoms with Crippen LogP contribution in [0.4, 0.5) is 0 Å². The lowest BCUT2D eigenvalue weighted by Crippen LogP contribution is -2.57. The standard InChI is InChI=1S/C14H27N3/c15-11-12-5-6-14(12)17-9-7-16(8-10-17)13-3-1-2-4-13/h12-14H,1-11,15H2. The van der Waals surface area contributed by atoms with E-state index in [-0.39, 0.29) is 0 Å². The molecule has 1 saturated heterocycles. The Morgan fingerprint density at radius 2 is 1.47 bits per heavy atom. The zero-order valence-corrected chi connectivity index (χ0v) is 11.0. The second kappa shape index (κ2) is 5.25. The van der Waals surface area contributed by atoms with Gasteiger partial charge in [-0.2, -0.15) is 0 Å². The minimum absolute atomic E-state index is 0.799. The molecule has 1 heterocycles. The number of nitrogens with two attached hydrogens (primary N) is 1. The van der Waals surface area contributed by atoms with E-state index in [1.54, 1.807) is 0 Å². The summed E-state index contributed by atoms with van der Waals surface area (Å²) < 4.78 is 0. The Bertz CT molecular complexity index is 240. The van der Waals surface area contributed by atoms with Gasteiger partial charge in [-0.15, -0.1) is 0 Å². The van der Waals surface area contributed by atoms with Crippen LogP contribution in [0.15, 0.2) is 0 Å². The molecule has 1 aliphatic heterocycles. The Morgan fingerprint density at radius 1 is 0.824 bits per heavy atom. The van der Waals surface area contributed by atoms with Gasteiger partial charge in [-0.05, 0) is 38.1 Å². The molecule has 98 valence electrons. The largest absolute Gasteiger partial charge is 0.330 e. The lowest BCUT2D eigenvalue weighted by atomic mass is 9.78. The van der Waals surface area contributed by atoms with Crippen molar-refractivity contribution in [1.29, 1.82) is 0 Å². The van der Waals surface area contributed by atoms with Crippen LogP contribution in [0.2, 0.25) is 0 Å². The Labute approximate surface area is 105 Å². The van der Waals surface area contributed by atoms with E-state index in [0.29, 0.717) is 0 Å². The highest BCUT2D eigenvalue weighted by atomic mass is 15.3. The van der Waals surface area contributed by atoms with Crippen molar-refractivity contribution in [3.63, 3.8) is 0 Å². The van der Waals surface area contributed by atoms with Gasteiger partial charge >= 0.3 is 0 Å². The number of piperazine rings is 1. The van der Waals surface area contributed by atoms with Crippen LogP contribution in [-0.2, 0) is 0 Å². The van der Waals surface area contributed by atoms with Crippen LogP contribution in [0, 0.1) is 5.92 Å². The lowest BCUT2D eigenvalue weighted by Gasteiger charge is -2.48. The highest BCUT2D eigenvalue weighted by molar-refractivity contribution is 4.92. The molecule has 3 fully saturated rings. The van der Waals surface area contributed by atoms with Crippen LogP contribution >= 0.6 is 0 Å². The molecule has 2 atom stereocenters. The van der Waals surface area contributed by atoms with E-state index in [4.69, 9.17) is 5.73 Å². The molecule has 0 aromatic heterocycles. The first-order valence-corrected chi connectivity index (χ1v) is 7.56. The Kier molecular flexibility index (Phi) is 3.69. The summed E-state index contributed by atoms with van der Waals surface area (Å²) in [6.07, 6.45) is 8.59. The maximum Gasteiger partial charge on any atom is 0.0137 e. The van der Waals surface area contributed by atoms with Crippen molar-refractivity contribution in [1.82, 2.24) is 9.80 Å². The molecular formula is C14H27N3. The Morgan fingerprint density at radius 3 is 2.00 bits per heavy atom. The van der Waals surface area contributed by atoms with Gasteiger partial charge in [-0.3, -0.25) is 9.80 Å². The molecule has 2 saturated carbocycles. The molecule has 0 amide bonds. The van der Waals surface area contributed by atoms with Gasteiger partial charge in [-0.25, -0.2) is 0 Å². The molecule has 0 aromatic rings. The normalized spacial score (nSPS) is 37.2. The summed E-state index contributed by atoms with van der Waals surface area (Å²) in [5, 5.41) is 0. The Balaban J connectivity index is 1.47. The SMILES string of the molecule is NCC1CCC1N1CCN(C2CCCC2)CC1. The van der Waals surface area contributed by atoms with Gasteiger partial charge < -0.3 is 5.73 Å². The summed E-state index contributed by atoms with van der Waals surface area (Å²) in [5.41, 5.74) is 5.82. The van der Waals surface area contributed by atoms with Gasteiger partial charge in [0.05, 0.1) is 0 Å². The molecule has 0 bridgehead atoms. The van der Waals surface area contributed by atoms with Crippen molar-refractivity contribution >= 4 is 0 Å². The molecule has 3 nitrogen and oxygen atoms in total. The van der Waals surface area contributed by atoms with Crippen molar-refractivity contribution in [2.24, 2.45) is 11.7 Å². The summed E-state index contributed by atoms with van der Waals surface area (Å²) >= 11 is 0. The van der Waals surface area contributed by atoms with Gasteiger partial charge in [0.2, 0.25) is 0 Å². The third kappa shape index (κ3) is 2.38. The smallest absolute Gasteiger partial charge is 0.0137 e. The van der Waals surface area contributed by atoms with E-state index >= 15 is 0 Å². The number of hydrogen-bond donors (Lipinski definition) is 1.